The Hall–Kier alpha value is -1.43. The summed E-state index contributed by atoms with van der Waals surface area (Å²) in [7, 11) is 0. The predicted octanol–water partition coefficient (Wildman–Crippen LogP) is 2.17. The molecular formula is C16H26N4O2. The third-order valence-corrected chi connectivity index (χ3v) is 5.14. The number of aryl methyl sites for hydroxylation is 1. The van der Waals surface area contributed by atoms with Crippen LogP contribution in [0.5, 0.6) is 0 Å². The van der Waals surface area contributed by atoms with Crippen LogP contribution < -0.4 is 0 Å². The number of aromatic nitrogens is 2. The molecule has 3 unspecified atom stereocenters. The van der Waals surface area contributed by atoms with Crippen LogP contribution in [0, 0.1) is 0 Å². The number of carbonyl (C=O) groups excluding carboxylic acids is 1. The van der Waals surface area contributed by atoms with E-state index in [0.717, 1.165) is 44.6 Å². The van der Waals surface area contributed by atoms with E-state index in [-0.39, 0.29) is 11.9 Å². The van der Waals surface area contributed by atoms with Gasteiger partial charge in [0.1, 0.15) is 0 Å². The van der Waals surface area contributed by atoms with Gasteiger partial charge in [0.15, 0.2) is 5.82 Å². The lowest BCUT2D eigenvalue weighted by molar-refractivity contribution is -0.130. The van der Waals surface area contributed by atoms with Crippen LogP contribution in [0.1, 0.15) is 64.2 Å². The monoisotopic (exact) mass is 306 g/mol. The quantitative estimate of drug-likeness (QED) is 0.853. The molecule has 0 bridgehead atoms. The highest BCUT2D eigenvalue weighted by atomic mass is 16.5. The van der Waals surface area contributed by atoms with Crippen LogP contribution in [-0.4, -0.2) is 51.0 Å². The lowest BCUT2D eigenvalue weighted by Gasteiger charge is -2.36. The molecule has 0 aromatic carbocycles. The summed E-state index contributed by atoms with van der Waals surface area (Å²) in [5.74, 6) is 1.67. The molecule has 2 aliphatic heterocycles. The Bertz CT molecular complexity index is 530. The van der Waals surface area contributed by atoms with Crippen LogP contribution in [0.4, 0.5) is 0 Å². The van der Waals surface area contributed by atoms with E-state index in [9.17, 15) is 4.79 Å². The summed E-state index contributed by atoms with van der Waals surface area (Å²) in [4.78, 5) is 20.9. The number of carbonyl (C=O) groups is 1. The fourth-order valence-electron chi connectivity index (χ4n) is 4.02. The molecule has 22 heavy (non-hydrogen) atoms. The van der Waals surface area contributed by atoms with Gasteiger partial charge in [0.25, 0.3) is 0 Å². The van der Waals surface area contributed by atoms with Gasteiger partial charge in [0.2, 0.25) is 11.8 Å². The van der Waals surface area contributed by atoms with Gasteiger partial charge in [-0.3, -0.25) is 9.69 Å². The summed E-state index contributed by atoms with van der Waals surface area (Å²) < 4.78 is 5.43. The molecule has 2 aliphatic rings. The first-order valence-corrected chi connectivity index (χ1v) is 8.47. The van der Waals surface area contributed by atoms with Gasteiger partial charge in [0, 0.05) is 32.0 Å². The van der Waals surface area contributed by atoms with Crippen molar-refractivity contribution in [2.24, 2.45) is 0 Å². The van der Waals surface area contributed by atoms with E-state index >= 15 is 0 Å². The normalized spacial score (nSPS) is 27.5. The van der Waals surface area contributed by atoms with Crippen LogP contribution in [-0.2, 0) is 11.2 Å². The molecule has 6 nitrogen and oxygen atoms in total. The molecule has 2 saturated heterocycles. The third-order valence-electron chi connectivity index (χ3n) is 5.14. The first kappa shape index (κ1) is 15.5. The van der Waals surface area contributed by atoms with Gasteiger partial charge < -0.3 is 9.42 Å². The molecule has 3 atom stereocenters. The maximum atomic E-state index is 11.9. The molecule has 0 spiro atoms. The Morgan fingerprint density at radius 1 is 1.32 bits per heavy atom. The molecule has 1 aromatic rings. The number of likely N-dealkylation sites (tertiary alicyclic amines) is 2. The van der Waals surface area contributed by atoms with Gasteiger partial charge >= 0.3 is 0 Å². The van der Waals surface area contributed by atoms with Crippen LogP contribution in [0.25, 0.3) is 0 Å². The molecular weight excluding hydrogens is 280 g/mol. The van der Waals surface area contributed by atoms with Crippen LogP contribution >= 0.6 is 0 Å². The van der Waals surface area contributed by atoms with Crippen molar-refractivity contribution in [3.05, 3.63) is 11.7 Å². The largest absolute Gasteiger partial charge is 0.338 e. The summed E-state index contributed by atoms with van der Waals surface area (Å²) in [6.45, 7) is 7.79. The summed E-state index contributed by atoms with van der Waals surface area (Å²) in [6.07, 6.45) is 5.33. The molecule has 0 radical (unpaired) electrons. The van der Waals surface area contributed by atoms with Crippen LogP contribution in [0.2, 0.25) is 0 Å². The van der Waals surface area contributed by atoms with Crippen molar-refractivity contribution < 1.29 is 9.32 Å². The maximum absolute atomic E-state index is 11.9. The number of hydrogen-bond donors (Lipinski definition) is 0. The Morgan fingerprint density at radius 2 is 2.05 bits per heavy atom. The number of hydrogen-bond acceptors (Lipinski definition) is 5. The molecule has 0 aliphatic carbocycles. The SMILES string of the molecule is CCc1noc(C(C)N2CCCC2C2CCCN2C(C)=O)n1. The Balaban J connectivity index is 1.76. The number of nitrogens with zero attached hydrogens (tertiary/aromatic N) is 4. The average Bonchev–Trinajstić information content (AvgIpc) is 3.23. The van der Waals surface area contributed by atoms with E-state index in [1.54, 1.807) is 6.92 Å². The molecule has 2 fully saturated rings. The topological polar surface area (TPSA) is 62.5 Å². The van der Waals surface area contributed by atoms with E-state index in [0.29, 0.717) is 18.0 Å². The van der Waals surface area contributed by atoms with Crippen molar-refractivity contribution in [1.29, 1.82) is 0 Å². The zero-order valence-corrected chi connectivity index (χ0v) is 13.8. The van der Waals surface area contributed by atoms with Gasteiger partial charge in [-0.1, -0.05) is 12.1 Å². The van der Waals surface area contributed by atoms with Crippen molar-refractivity contribution in [2.45, 2.75) is 71.0 Å². The van der Waals surface area contributed by atoms with Crippen molar-refractivity contribution in [1.82, 2.24) is 19.9 Å². The van der Waals surface area contributed by atoms with Crippen molar-refractivity contribution in [3.63, 3.8) is 0 Å². The van der Waals surface area contributed by atoms with Gasteiger partial charge in [0.05, 0.1) is 6.04 Å². The van der Waals surface area contributed by atoms with Crippen molar-refractivity contribution in [3.8, 4) is 0 Å². The zero-order valence-electron chi connectivity index (χ0n) is 13.8. The highest BCUT2D eigenvalue weighted by Gasteiger charge is 2.41. The highest BCUT2D eigenvalue weighted by molar-refractivity contribution is 5.74. The Labute approximate surface area is 131 Å². The molecule has 0 N–H and O–H groups in total. The maximum Gasteiger partial charge on any atom is 0.243 e. The summed E-state index contributed by atoms with van der Waals surface area (Å²) in [5.41, 5.74) is 0. The van der Waals surface area contributed by atoms with Crippen molar-refractivity contribution >= 4 is 5.91 Å². The van der Waals surface area contributed by atoms with Gasteiger partial charge in [-0.05, 0) is 39.2 Å². The summed E-state index contributed by atoms with van der Waals surface area (Å²) in [5, 5.41) is 4.02. The Kier molecular flexibility index (Phi) is 4.47. The number of rotatable bonds is 4. The molecule has 1 aromatic heterocycles. The molecule has 3 rings (SSSR count). The number of amides is 1. The molecule has 3 heterocycles. The van der Waals surface area contributed by atoms with Gasteiger partial charge in [-0.2, -0.15) is 4.98 Å². The minimum Gasteiger partial charge on any atom is -0.338 e. The second-order valence-electron chi connectivity index (χ2n) is 6.45. The molecule has 0 saturated carbocycles. The third kappa shape index (κ3) is 2.76. The predicted molar refractivity (Wildman–Crippen MR) is 82.2 cm³/mol. The second-order valence-corrected chi connectivity index (χ2v) is 6.45. The minimum absolute atomic E-state index is 0.120. The van der Waals surface area contributed by atoms with E-state index in [2.05, 4.69) is 26.9 Å². The average molecular weight is 306 g/mol. The fraction of sp³-hybridized carbons (Fsp3) is 0.812. The smallest absolute Gasteiger partial charge is 0.243 e. The second kappa shape index (κ2) is 6.36. The summed E-state index contributed by atoms with van der Waals surface area (Å²) >= 11 is 0. The van der Waals surface area contributed by atoms with E-state index < -0.39 is 0 Å². The zero-order chi connectivity index (χ0) is 15.7. The minimum atomic E-state index is 0.120. The molecule has 6 heteroatoms. The van der Waals surface area contributed by atoms with Crippen LogP contribution in [0.15, 0.2) is 4.52 Å². The van der Waals surface area contributed by atoms with E-state index in [4.69, 9.17) is 4.52 Å². The first-order valence-electron chi connectivity index (χ1n) is 8.47. The van der Waals surface area contributed by atoms with E-state index in [1.165, 1.54) is 6.42 Å². The first-order chi connectivity index (χ1) is 10.6. The fourth-order valence-corrected chi connectivity index (χ4v) is 4.02. The lowest BCUT2D eigenvalue weighted by Crippen LogP contribution is -2.48. The highest BCUT2D eigenvalue weighted by Crippen LogP contribution is 2.35. The Morgan fingerprint density at radius 3 is 2.73 bits per heavy atom. The lowest BCUT2D eigenvalue weighted by atomic mass is 10.0. The standard InChI is InChI=1S/C16H26N4O2/c1-4-15-17-16(22-18-15)11(2)19-9-5-7-13(19)14-8-6-10-20(14)12(3)21/h11,13-14H,4-10H2,1-3H3. The van der Waals surface area contributed by atoms with Crippen LogP contribution in [0.3, 0.4) is 0 Å². The van der Waals surface area contributed by atoms with E-state index in [1.807, 2.05) is 6.92 Å². The summed E-state index contributed by atoms with van der Waals surface area (Å²) in [6, 6.07) is 0.879. The molecule has 122 valence electrons. The van der Waals surface area contributed by atoms with Gasteiger partial charge in [-0.15, -0.1) is 0 Å². The molecule has 1 amide bonds. The van der Waals surface area contributed by atoms with Crippen molar-refractivity contribution in [2.75, 3.05) is 13.1 Å². The van der Waals surface area contributed by atoms with Gasteiger partial charge in [-0.25, -0.2) is 0 Å².